The molecule has 0 unspecified atom stereocenters. The molecule has 16 heavy (non-hydrogen) atoms. The van der Waals surface area contributed by atoms with Crippen molar-refractivity contribution in [2.24, 2.45) is 5.16 Å². The maximum atomic E-state index is 10.6. The van der Waals surface area contributed by atoms with E-state index in [9.17, 15) is 4.79 Å². The lowest BCUT2D eigenvalue weighted by Gasteiger charge is -1.98. The van der Waals surface area contributed by atoms with Gasteiger partial charge >= 0.3 is 0 Å². The van der Waals surface area contributed by atoms with E-state index in [0.29, 0.717) is 17.4 Å². The second-order valence-corrected chi connectivity index (χ2v) is 4.04. The third-order valence-electron chi connectivity index (χ3n) is 1.86. The van der Waals surface area contributed by atoms with Crippen LogP contribution in [0.4, 0.5) is 5.13 Å². The highest BCUT2D eigenvalue weighted by atomic mass is 32.1. The first-order valence-corrected chi connectivity index (χ1v) is 5.95. The van der Waals surface area contributed by atoms with Crippen LogP contribution in [0, 0.1) is 0 Å². The second kappa shape index (κ2) is 6.95. The second-order valence-electron chi connectivity index (χ2n) is 3.15. The monoisotopic (exact) mass is 240 g/mol. The minimum atomic E-state index is 0.0597. The Bertz CT molecular complexity index is 363. The SMILES string of the molecule is CCCCCON=C([C]=O)c1csc(N)n1. The van der Waals surface area contributed by atoms with Gasteiger partial charge in [-0.3, -0.25) is 4.79 Å². The average molecular weight is 240 g/mol. The number of nitrogen functional groups attached to an aromatic ring is 1. The largest absolute Gasteiger partial charge is 0.395 e. The number of rotatable bonds is 7. The summed E-state index contributed by atoms with van der Waals surface area (Å²) in [6, 6.07) is 0. The van der Waals surface area contributed by atoms with E-state index in [2.05, 4.69) is 17.1 Å². The number of carbonyl (C=O) groups excluding carboxylic acids is 1. The predicted octanol–water partition coefficient (Wildman–Crippen LogP) is 1.75. The fourth-order valence-corrected chi connectivity index (χ4v) is 1.59. The minimum absolute atomic E-state index is 0.0597. The molecule has 0 spiro atoms. The molecule has 2 N–H and O–H groups in total. The summed E-state index contributed by atoms with van der Waals surface area (Å²) in [4.78, 5) is 19.5. The predicted molar refractivity (Wildman–Crippen MR) is 64.2 cm³/mol. The first-order valence-electron chi connectivity index (χ1n) is 5.07. The van der Waals surface area contributed by atoms with Gasteiger partial charge < -0.3 is 10.6 Å². The number of oxime groups is 1. The van der Waals surface area contributed by atoms with Gasteiger partial charge in [-0.2, -0.15) is 0 Å². The van der Waals surface area contributed by atoms with Crippen molar-refractivity contribution in [3.63, 3.8) is 0 Å². The van der Waals surface area contributed by atoms with Crippen LogP contribution in [0.1, 0.15) is 31.9 Å². The van der Waals surface area contributed by atoms with E-state index in [1.54, 1.807) is 11.7 Å². The van der Waals surface area contributed by atoms with Gasteiger partial charge in [0.1, 0.15) is 12.3 Å². The molecular formula is C10H14N3O2S. The number of aromatic nitrogens is 1. The van der Waals surface area contributed by atoms with Crippen molar-refractivity contribution >= 4 is 28.5 Å². The Morgan fingerprint density at radius 2 is 2.50 bits per heavy atom. The van der Waals surface area contributed by atoms with Crippen LogP contribution in [0.15, 0.2) is 10.5 Å². The topological polar surface area (TPSA) is 77.6 Å². The normalized spacial score (nSPS) is 11.4. The van der Waals surface area contributed by atoms with Crippen LogP contribution in [0.5, 0.6) is 0 Å². The molecule has 0 fully saturated rings. The number of thiazole rings is 1. The maximum Gasteiger partial charge on any atom is 0.259 e. The minimum Gasteiger partial charge on any atom is -0.395 e. The van der Waals surface area contributed by atoms with Crippen LogP contribution >= 0.6 is 11.3 Å². The van der Waals surface area contributed by atoms with E-state index in [0.717, 1.165) is 19.3 Å². The molecular weight excluding hydrogens is 226 g/mol. The first kappa shape index (κ1) is 12.6. The molecule has 1 aromatic heterocycles. The molecule has 0 saturated heterocycles. The van der Waals surface area contributed by atoms with Crippen molar-refractivity contribution in [3.8, 4) is 0 Å². The molecule has 0 bridgehead atoms. The summed E-state index contributed by atoms with van der Waals surface area (Å²) in [7, 11) is 0. The number of hydrogen-bond acceptors (Lipinski definition) is 6. The Morgan fingerprint density at radius 1 is 1.69 bits per heavy atom. The highest BCUT2D eigenvalue weighted by molar-refractivity contribution is 7.13. The maximum absolute atomic E-state index is 10.6. The summed E-state index contributed by atoms with van der Waals surface area (Å²) in [6.45, 7) is 2.60. The van der Waals surface area contributed by atoms with E-state index in [-0.39, 0.29) is 5.71 Å². The third kappa shape index (κ3) is 3.98. The Labute approximate surface area is 98.3 Å². The van der Waals surface area contributed by atoms with E-state index >= 15 is 0 Å². The zero-order valence-electron chi connectivity index (χ0n) is 9.10. The number of hydrogen-bond donors (Lipinski definition) is 1. The highest BCUT2D eigenvalue weighted by Crippen LogP contribution is 2.11. The van der Waals surface area contributed by atoms with Gasteiger partial charge in [-0.05, 0) is 6.42 Å². The van der Waals surface area contributed by atoms with Crippen molar-refractivity contribution in [1.82, 2.24) is 4.98 Å². The van der Waals surface area contributed by atoms with Gasteiger partial charge in [-0.25, -0.2) is 4.98 Å². The van der Waals surface area contributed by atoms with Crippen LogP contribution in [0.25, 0.3) is 0 Å². The smallest absolute Gasteiger partial charge is 0.259 e. The summed E-state index contributed by atoms with van der Waals surface area (Å²) in [6.07, 6.45) is 4.80. The summed E-state index contributed by atoms with van der Waals surface area (Å²) in [5, 5.41) is 5.72. The van der Waals surface area contributed by atoms with E-state index < -0.39 is 0 Å². The van der Waals surface area contributed by atoms with Crippen LogP contribution in [0.2, 0.25) is 0 Å². The van der Waals surface area contributed by atoms with Gasteiger partial charge in [0, 0.05) is 5.38 Å². The molecule has 0 saturated carbocycles. The van der Waals surface area contributed by atoms with Crippen molar-refractivity contribution < 1.29 is 9.63 Å². The fraction of sp³-hybridized carbons (Fsp3) is 0.500. The Morgan fingerprint density at radius 3 is 3.06 bits per heavy atom. The molecule has 0 aliphatic rings. The summed E-state index contributed by atoms with van der Waals surface area (Å²) in [5.41, 5.74) is 5.92. The van der Waals surface area contributed by atoms with Crippen LogP contribution in [0.3, 0.4) is 0 Å². The van der Waals surface area contributed by atoms with Crippen LogP contribution in [-0.2, 0) is 9.63 Å². The Balaban J connectivity index is 2.47. The van der Waals surface area contributed by atoms with Crippen LogP contribution < -0.4 is 5.73 Å². The van der Waals surface area contributed by atoms with Crippen molar-refractivity contribution in [1.29, 1.82) is 0 Å². The molecule has 5 nitrogen and oxygen atoms in total. The van der Waals surface area contributed by atoms with Gasteiger partial charge in [0.15, 0.2) is 10.8 Å². The Hall–Kier alpha value is -1.43. The summed E-state index contributed by atoms with van der Waals surface area (Å²) in [5.74, 6) is 0. The quantitative estimate of drug-likeness (QED) is 0.447. The molecule has 0 atom stereocenters. The van der Waals surface area contributed by atoms with Crippen molar-refractivity contribution in [2.45, 2.75) is 26.2 Å². The highest BCUT2D eigenvalue weighted by Gasteiger charge is 2.08. The van der Waals surface area contributed by atoms with E-state index in [1.165, 1.54) is 11.3 Å². The Kier molecular flexibility index (Phi) is 5.49. The number of anilines is 1. The standard InChI is InChI=1S/C10H14N3O2S/c1-2-3-4-5-15-13-8(6-14)9-7-16-10(11)12-9/h7H,2-5H2,1H3,(H2,11,12). The molecule has 1 rings (SSSR count). The molecule has 1 aromatic rings. The van der Waals surface area contributed by atoms with Crippen LogP contribution in [-0.4, -0.2) is 23.6 Å². The lowest BCUT2D eigenvalue weighted by atomic mass is 10.3. The number of unbranched alkanes of at least 4 members (excludes halogenated alkanes) is 2. The first-order chi connectivity index (χ1) is 7.77. The molecule has 0 aliphatic carbocycles. The van der Waals surface area contributed by atoms with Gasteiger partial charge in [-0.15, -0.1) is 11.3 Å². The van der Waals surface area contributed by atoms with E-state index in [1.807, 2.05) is 0 Å². The molecule has 87 valence electrons. The lowest BCUT2D eigenvalue weighted by molar-refractivity contribution is 0.140. The third-order valence-corrected chi connectivity index (χ3v) is 2.53. The van der Waals surface area contributed by atoms with Crippen molar-refractivity contribution in [2.75, 3.05) is 12.3 Å². The molecule has 6 heteroatoms. The van der Waals surface area contributed by atoms with Crippen molar-refractivity contribution in [3.05, 3.63) is 11.1 Å². The van der Waals surface area contributed by atoms with Gasteiger partial charge in [0.2, 0.25) is 0 Å². The molecule has 1 radical (unpaired) electrons. The summed E-state index contributed by atoms with van der Waals surface area (Å²) < 4.78 is 0. The van der Waals surface area contributed by atoms with Gasteiger partial charge in [-0.1, -0.05) is 24.9 Å². The lowest BCUT2D eigenvalue weighted by Crippen LogP contribution is -2.04. The molecule has 0 amide bonds. The van der Waals surface area contributed by atoms with E-state index in [4.69, 9.17) is 10.6 Å². The zero-order chi connectivity index (χ0) is 11.8. The summed E-state index contributed by atoms with van der Waals surface area (Å²) >= 11 is 1.25. The molecule has 1 heterocycles. The average Bonchev–Trinajstić information content (AvgIpc) is 2.70. The zero-order valence-corrected chi connectivity index (χ0v) is 9.92. The molecule has 0 aliphatic heterocycles. The van der Waals surface area contributed by atoms with Gasteiger partial charge in [0.25, 0.3) is 6.29 Å². The number of nitrogens with zero attached hydrogens (tertiary/aromatic N) is 2. The van der Waals surface area contributed by atoms with Gasteiger partial charge in [0.05, 0.1) is 0 Å². The fourth-order valence-electron chi connectivity index (χ4n) is 1.04. The molecule has 0 aromatic carbocycles. The number of nitrogens with two attached hydrogens (primary N) is 1.